The summed E-state index contributed by atoms with van der Waals surface area (Å²) in [5, 5.41) is 10.5. The third kappa shape index (κ3) is 55.9. The summed E-state index contributed by atoms with van der Waals surface area (Å²) >= 11 is 0. The summed E-state index contributed by atoms with van der Waals surface area (Å²) in [5.41, 5.74) is 0. The molecule has 0 aliphatic carbocycles. The number of carbonyl (C=O) groups excluding carboxylic acids is 4. The summed E-state index contributed by atoms with van der Waals surface area (Å²) in [6.07, 6.45) is 32.3. The number of phosphoric ester groups is 2. The Bertz CT molecular complexity index is 1650. The standard InChI is InChI=1S/C63H122O17P2/c1-9-56(8)42-34-26-18-10-11-19-27-35-43-60(65)73-49-58(79-62(67)45-37-29-21-13-16-24-32-40-54(4)5)51-77-81(69,70)75-47-57(64)48-76-82(71,72)78-52-59(80-63(68)46-38-30-22-14-17-25-33-41-55(6)7)50-74-61(66)44-36-28-20-12-15-23-31-39-53(2)3/h53-59,64H,9-52H2,1-8H3,(H,69,70)(H,71,72)/t56?,57?,58-,59-/m1/s1. The molecule has 0 spiro atoms. The lowest BCUT2D eigenvalue weighted by molar-refractivity contribution is -0.161. The minimum absolute atomic E-state index is 0.102. The molecular weight excluding hydrogens is 1090 g/mol. The summed E-state index contributed by atoms with van der Waals surface area (Å²) in [6, 6.07) is 0. The van der Waals surface area contributed by atoms with Crippen LogP contribution >= 0.6 is 15.6 Å². The Labute approximate surface area is 498 Å². The molecule has 486 valence electrons. The molecule has 3 N–H and O–H groups in total. The summed E-state index contributed by atoms with van der Waals surface area (Å²) in [7, 11) is -9.89. The normalized spacial score (nSPS) is 14.8. The van der Waals surface area contributed by atoms with Crippen LogP contribution in [-0.2, 0) is 65.4 Å². The van der Waals surface area contributed by atoms with Crippen molar-refractivity contribution in [2.75, 3.05) is 39.6 Å². The number of unbranched alkanes of at least 4 members (excludes halogenated alkanes) is 25. The highest BCUT2D eigenvalue weighted by Gasteiger charge is 2.30. The highest BCUT2D eigenvalue weighted by Crippen LogP contribution is 2.45. The summed E-state index contributed by atoms with van der Waals surface area (Å²) in [6.45, 7) is 13.9. The van der Waals surface area contributed by atoms with Crippen molar-refractivity contribution >= 4 is 39.5 Å². The van der Waals surface area contributed by atoms with Crippen molar-refractivity contribution in [2.45, 2.75) is 318 Å². The van der Waals surface area contributed by atoms with Crippen molar-refractivity contribution in [2.24, 2.45) is 23.7 Å². The smallest absolute Gasteiger partial charge is 0.462 e. The van der Waals surface area contributed by atoms with Crippen molar-refractivity contribution in [3.63, 3.8) is 0 Å². The van der Waals surface area contributed by atoms with Gasteiger partial charge in [0.1, 0.15) is 19.3 Å². The Morgan fingerprint density at radius 3 is 0.866 bits per heavy atom. The minimum atomic E-state index is -4.94. The van der Waals surface area contributed by atoms with Gasteiger partial charge in [0.25, 0.3) is 0 Å². The van der Waals surface area contributed by atoms with E-state index in [0.29, 0.717) is 43.4 Å². The molecule has 0 saturated carbocycles. The van der Waals surface area contributed by atoms with Crippen LogP contribution in [-0.4, -0.2) is 96.7 Å². The van der Waals surface area contributed by atoms with E-state index in [0.717, 1.165) is 102 Å². The molecule has 0 rings (SSSR count). The van der Waals surface area contributed by atoms with Gasteiger partial charge in [0.2, 0.25) is 0 Å². The first-order valence-electron chi connectivity index (χ1n) is 32.7. The van der Waals surface area contributed by atoms with E-state index in [9.17, 15) is 43.2 Å². The van der Waals surface area contributed by atoms with Gasteiger partial charge in [-0.3, -0.25) is 37.3 Å². The number of carbonyl (C=O) groups is 4. The summed E-state index contributed by atoms with van der Waals surface area (Å²) < 4.78 is 67.9. The second kappa shape index (κ2) is 53.3. The molecule has 0 aromatic rings. The highest BCUT2D eigenvalue weighted by molar-refractivity contribution is 7.47. The molecule has 0 amide bonds. The van der Waals surface area contributed by atoms with E-state index >= 15 is 0 Å². The lowest BCUT2D eigenvalue weighted by Crippen LogP contribution is -2.30. The number of rotatable bonds is 60. The van der Waals surface area contributed by atoms with E-state index in [1.807, 2.05) is 0 Å². The molecule has 17 nitrogen and oxygen atoms in total. The van der Waals surface area contributed by atoms with Crippen LogP contribution in [0.2, 0.25) is 0 Å². The van der Waals surface area contributed by atoms with E-state index in [2.05, 4.69) is 55.4 Å². The Kier molecular flexibility index (Phi) is 52.0. The van der Waals surface area contributed by atoms with Crippen LogP contribution in [0.15, 0.2) is 0 Å². The predicted molar refractivity (Wildman–Crippen MR) is 326 cm³/mol. The van der Waals surface area contributed by atoms with Crippen LogP contribution in [0, 0.1) is 23.7 Å². The SMILES string of the molecule is CCC(C)CCCCCCCCCCC(=O)OC[C@H](COP(=O)(O)OCC(O)COP(=O)(O)OC[C@@H](COC(=O)CCCCCCCCCC(C)C)OC(=O)CCCCCCCCCC(C)C)OC(=O)CCCCCCCCCC(C)C. The molecule has 0 aromatic carbocycles. The third-order valence-electron chi connectivity index (χ3n) is 14.7. The lowest BCUT2D eigenvalue weighted by atomic mass is 9.99. The van der Waals surface area contributed by atoms with Crippen LogP contribution in [0.3, 0.4) is 0 Å². The van der Waals surface area contributed by atoms with E-state index in [1.165, 1.54) is 96.3 Å². The van der Waals surface area contributed by atoms with E-state index < -0.39 is 97.5 Å². The molecule has 0 fully saturated rings. The van der Waals surface area contributed by atoms with Gasteiger partial charge in [-0.25, -0.2) is 9.13 Å². The molecule has 0 radical (unpaired) electrons. The van der Waals surface area contributed by atoms with Gasteiger partial charge in [-0.15, -0.1) is 0 Å². The fourth-order valence-corrected chi connectivity index (χ4v) is 10.8. The first-order chi connectivity index (χ1) is 39.1. The molecule has 6 atom stereocenters. The first-order valence-corrected chi connectivity index (χ1v) is 35.7. The minimum Gasteiger partial charge on any atom is -0.462 e. The molecule has 0 saturated heterocycles. The zero-order valence-corrected chi connectivity index (χ0v) is 54.9. The Balaban J connectivity index is 5.25. The fraction of sp³-hybridized carbons (Fsp3) is 0.937. The van der Waals surface area contributed by atoms with Crippen LogP contribution in [0.1, 0.15) is 299 Å². The second-order valence-electron chi connectivity index (χ2n) is 24.5. The molecule has 0 bridgehead atoms. The number of hydrogen-bond acceptors (Lipinski definition) is 15. The molecule has 82 heavy (non-hydrogen) atoms. The summed E-state index contributed by atoms with van der Waals surface area (Å²) in [5.74, 6) is 0.730. The maximum atomic E-state index is 13.0. The molecule has 19 heteroatoms. The maximum Gasteiger partial charge on any atom is 0.472 e. The molecule has 0 heterocycles. The number of esters is 4. The van der Waals surface area contributed by atoms with Gasteiger partial charge in [-0.1, -0.05) is 248 Å². The van der Waals surface area contributed by atoms with Crippen LogP contribution in [0.5, 0.6) is 0 Å². The average Bonchev–Trinajstić information content (AvgIpc) is 3.43. The van der Waals surface area contributed by atoms with Gasteiger partial charge in [-0.05, 0) is 49.4 Å². The van der Waals surface area contributed by atoms with Gasteiger partial charge in [-0.2, -0.15) is 0 Å². The zero-order valence-electron chi connectivity index (χ0n) is 53.1. The fourth-order valence-electron chi connectivity index (χ4n) is 9.22. The van der Waals surface area contributed by atoms with Crippen molar-refractivity contribution in [1.29, 1.82) is 0 Å². The Morgan fingerprint density at radius 2 is 0.585 bits per heavy atom. The van der Waals surface area contributed by atoms with Gasteiger partial charge in [0, 0.05) is 25.7 Å². The number of aliphatic hydroxyl groups is 1. The van der Waals surface area contributed by atoms with Crippen LogP contribution < -0.4 is 0 Å². The van der Waals surface area contributed by atoms with Crippen molar-refractivity contribution in [3.05, 3.63) is 0 Å². The first kappa shape index (κ1) is 80.1. The molecule has 0 aromatic heterocycles. The van der Waals surface area contributed by atoms with Gasteiger partial charge in [0.05, 0.1) is 26.4 Å². The largest absolute Gasteiger partial charge is 0.472 e. The molecule has 0 aliphatic rings. The number of phosphoric acid groups is 2. The van der Waals surface area contributed by atoms with Crippen LogP contribution in [0.25, 0.3) is 0 Å². The third-order valence-corrected chi connectivity index (χ3v) is 16.6. The number of aliphatic hydroxyl groups excluding tert-OH is 1. The predicted octanol–water partition coefficient (Wildman–Crippen LogP) is 17.0. The van der Waals surface area contributed by atoms with Crippen LogP contribution in [0.4, 0.5) is 0 Å². The van der Waals surface area contributed by atoms with Crippen molar-refractivity contribution < 1.29 is 80.2 Å². The molecule has 0 aliphatic heterocycles. The summed E-state index contributed by atoms with van der Waals surface area (Å²) in [4.78, 5) is 72.1. The zero-order chi connectivity index (χ0) is 61.1. The van der Waals surface area contributed by atoms with Crippen molar-refractivity contribution in [3.8, 4) is 0 Å². The Hall–Kier alpha value is -1.94. The van der Waals surface area contributed by atoms with E-state index in [4.69, 9.17) is 37.0 Å². The highest BCUT2D eigenvalue weighted by atomic mass is 31.2. The number of hydrogen-bond donors (Lipinski definition) is 3. The van der Waals surface area contributed by atoms with Gasteiger partial charge in [0.15, 0.2) is 12.2 Å². The van der Waals surface area contributed by atoms with Crippen molar-refractivity contribution in [1.82, 2.24) is 0 Å². The maximum absolute atomic E-state index is 13.0. The number of ether oxygens (including phenoxy) is 4. The van der Waals surface area contributed by atoms with E-state index in [1.54, 1.807) is 0 Å². The topological polar surface area (TPSA) is 237 Å². The second-order valence-corrected chi connectivity index (χ2v) is 27.4. The molecular formula is C63H122O17P2. The molecule has 4 unspecified atom stereocenters. The average molecular weight is 1210 g/mol. The lowest BCUT2D eigenvalue weighted by Gasteiger charge is -2.21. The Morgan fingerprint density at radius 1 is 0.341 bits per heavy atom. The van der Waals surface area contributed by atoms with Gasteiger partial charge < -0.3 is 33.8 Å². The quantitative estimate of drug-likeness (QED) is 0.0222. The van der Waals surface area contributed by atoms with Gasteiger partial charge >= 0.3 is 39.5 Å². The van der Waals surface area contributed by atoms with E-state index in [-0.39, 0.29) is 25.7 Å². The monoisotopic (exact) mass is 1210 g/mol.